The minimum atomic E-state index is -4.07. The van der Waals surface area contributed by atoms with E-state index in [4.69, 9.17) is 79.6 Å². The van der Waals surface area contributed by atoms with E-state index in [1.54, 1.807) is 27.1 Å². The van der Waals surface area contributed by atoms with Crippen LogP contribution in [0.25, 0.3) is 10.4 Å². The average molecular weight is 1400 g/mol. The van der Waals surface area contributed by atoms with Gasteiger partial charge < -0.3 is 114 Å². The van der Waals surface area contributed by atoms with Crippen molar-refractivity contribution in [2.45, 2.75) is 75.3 Å². The van der Waals surface area contributed by atoms with Gasteiger partial charge in [-0.1, -0.05) is 17.1 Å². The second kappa shape index (κ2) is 79.5. The molecule has 0 bridgehead atoms. The van der Waals surface area contributed by atoms with Gasteiger partial charge in [0.25, 0.3) is 7.82 Å². The van der Waals surface area contributed by atoms with Gasteiger partial charge in [-0.25, -0.2) is 13.2 Å². The van der Waals surface area contributed by atoms with Gasteiger partial charge in [-0.15, -0.1) is 13.0 Å². The van der Waals surface area contributed by atoms with Crippen molar-refractivity contribution in [1.82, 2.24) is 0 Å². The molecule has 0 aromatic heterocycles. The molecule has 1 fully saturated rings. The lowest BCUT2D eigenvalue weighted by Crippen LogP contribution is -2.47. The van der Waals surface area contributed by atoms with Gasteiger partial charge in [-0.3, -0.25) is 9.09 Å². The number of ether oxygens (including phenoxy) is 13. The van der Waals surface area contributed by atoms with Crippen LogP contribution in [0.1, 0.15) is 69.2 Å². The second-order valence-electron chi connectivity index (χ2n) is 21.4. The summed E-state index contributed by atoms with van der Waals surface area (Å²) in [5.41, 5.74) is 12.8. The number of hydrogen-bond acceptors (Lipinski definition) is 25. The lowest BCUT2D eigenvalue weighted by molar-refractivity contribution is -0.887. The fraction of sp³-hybridized carbons (Fsp3) is 0.898. The molecule has 1 aliphatic rings. The number of hydrogen-bond donors (Lipinski definition) is 2. The van der Waals surface area contributed by atoms with E-state index in [9.17, 15) is 37.1 Å². The molecule has 0 radical (unpaired) electrons. The predicted molar refractivity (Wildman–Crippen MR) is 355 cm³/mol. The molecule has 34 heteroatoms. The van der Waals surface area contributed by atoms with Crippen molar-refractivity contribution in [2.24, 2.45) is 10.8 Å². The number of nitrogens with zero attached hydrogens (tertiary/aromatic N) is 7. The van der Waals surface area contributed by atoms with E-state index in [2.05, 4.69) is 64.4 Å². The van der Waals surface area contributed by atoms with E-state index in [1.165, 1.54) is 6.54 Å². The average Bonchev–Trinajstić information content (AvgIpc) is 3.32. The van der Waals surface area contributed by atoms with Crippen LogP contribution in [-0.4, -0.2) is 335 Å². The number of quaternary nitrogens is 4. The summed E-state index contributed by atoms with van der Waals surface area (Å²) in [6.07, 6.45) is 7.03. The van der Waals surface area contributed by atoms with Gasteiger partial charge in [-0.2, -0.15) is 0 Å². The highest BCUT2D eigenvalue weighted by Gasteiger charge is 2.22. The maximum absolute atomic E-state index is 10.9. The summed E-state index contributed by atoms with van der Waals surface area (Å²) in [5.74, 6) is 0.105. The predicted octanol–water partition coefficient (Wildman–Crippen LogP) is 3.03. The lowest BCUT2D eigenvalue weighted by atomic mass is 10.4. The molecule has 0 spiro atoms. The van der Waals surface area contributed by atoms with Gasteiger partial charge in [0.05, 0.1) is 209 Å². The number of phosphoric acid groups is 1. The van der Waals surface area contributed by atoms with E-state index < -0.39 is 29.9 Å². The Balaban J connectivity index is -0.000000121. The Labute approximate surface area is 561 Å². The quantitative estimate of drug-likeness (QED) is 0.00756. The Kier molecular flexibility index (Phi) is 92.8. The van der Waals surface area contributed by atoms with E-state index in [0.29, 0.717) is 127 Å². The molecular weight excluding hydrogens is 1270 g/mol. The highest BCUT2D eigenvalue weighted by molar-refractivity contribution is 7.85. The third kappa shape index (κ3) is 141. The molecule has 1 heterocycles. The van der Waals surface area contributed by atoms with Crippen molar-refractivity contribution in [3.8, 4) is 12.3 Å². The smallest absolute Gasteiger partial charge is 0.329 e. The molecule has 0 saturated carbocycles. The Morgan fingerprint density at radius 2 is 1.04 bits per heavy atom. The molecule has 0 aromatic carbocycles. The Bertz CT molecular complexity index is 1810. The molecule has 0 aliphatic carbocycles. The summed E-state index contributed by atoms with van der Waals surface area (Å²) in [4.78, 5) is 33.3. The molecule has 1 aliphatic heterocycles. The first-order chi connectivity index (χ1) is 43.4. The zero-order chi connectivity index (χ0) is 73.8. The van der Waals surface area contributed by atoms with Crippen molar-refractivity contribution in [1.29, 1.82) is 0 Å². The first-order valence-electron chi connectivity index (χ1n) is 30.9. The summed E-state index contributed by atoms with van der Waals surface area (Å²) < 4.78 is 117. The maximum Gasteiger partial charge on any atom is 0.329 e. The number of terminal acetylenes is 1. The first kappa shape index (κ1) is 109. The monoisotopic (exact) mass is 1400 g/mol. The van der Waals surface area contributed by atoms with E-state index in [1.807, 2.05) is 90.6 Å². The van der Waals surface area contributed by atoms with Gasteiger partial charge in [0, 0.05) is 44.6 Å². The van der Waals surface area contributed by atoms with Crippen LogP contribution < -0.4 is 15.7 Å². The van der Waals surface area contributed by atoms with Crippen LogP contribution in [0.3, 0.4) is 0 Å². The molecule has 93 heavy (non-hydrogen) atoms. The number of epoxide rings is 1. The maximum atomic E-state index is 10.9. The molecule has 1 rings (SSSR count). The first-order valence-corrected chi connectivity index (χ1v) is 34.0. The van der Waals surface area contributed by atoms with Gasteiger partial charge in [-0.05, 0) is 74.8 Å². The number of carbonyl (C=O) groups excluding carboxylic acids is 1. The third-order valence-corrected chi connectivity index (χ3v) is 11.8. The Morgan fingerprint density at radius 1 is 0.656 bits per heavy atom. The SMILES string of the molecule is C#CCOCCOCC.C=CCOCCOCC.CCOCCOCC(=O)O.CCOCCOCC1CO1.CCOCCOCN.CCOCCOCN=[N+]=[N-].CCOP(=O)([O-])OC[N+](C)(C)C.CC[N+](C)(C)C.CC[N+](C)(C)CC(=O)[O-].CC[N+](C)(C)CS(=O)(=O)[O-]. The summed E-state index contributed by atoms with van der Waals surface area (Å²) in [6, 6.07) is 0. The second-order valence-corrected chi connectivity index (χ2v) is 24.1. The zero-order valence-electron chi connectivity index (χ0n) is 61.0. The van der Waals surface area contributed by atoms with Crippen molar-refractivity contribution in [3.63, 3.8) is 0 Å². The molecule has 2 unspecified atom stereocenters. The highest BCUT2D eigenvalue weighted by Crippen LogP contribution is 2.38. The van der Waals surface area contributed by atoms with Crippen molar-refractivity contribution < 1.29 is 131 Å². The van der Waals surface area contributed by atoms with Crippen LogP contribution in [0.2, 0.25) is 0 Å². The standard InChI is InChI=1S/C7H14O3.C7H14O2.C7H12O2.C6H16NO4P.C6H13NO2.C6H12O4.C5H11N3O2.C5H13NO3S.C5H13NO2.C5H14N/c1-2-8-3-4-9-5-7-6-10-7;2*1-3-5-9-7-6-8-4-2;1-5-10-12(8,9)11-6-7(2,3)4;1-4-7(2,3)5-6(8)9;1-2-9-3-4-10-5-6(7)8;1-2-9-3-4-10-5-7-8-6;1-4-6(2,3)5-10(7,8)9;1-2-7-3-4-8-5-6;1-5-6(2,3)4/h7H,2-6H2,1H3;3H,1,4-7H2,2H3;1H,4-7H2,2H3;5-6H2,1-4H3;4-5H2,1-3H3;2-5H2,1H3,(H,7,8);2-5H2,1H3;4-5H2,1-3H3;2-6H2,1H3;5H2,1-4H3/q;;;;;;;;;+1. The molecule has 1 saturated heterocycles. The third-order valence-electron chi connectivity index (χ3n) is 9.76. The molecule has 0 amide bonds. The summed E-state index contributed by atoms with van der Waals surface area (Å²) in [5, 5.41) is 21.3. The van der Waals surface area contributed by atoms with Crippen LogP contribution in [-0.2, 0) is 94.9 Å². The van der Waals surface area contributed by atoms with Crippen molar-refractivity contribution in [2.75, 3.05) is 281 Å². The minimum Gasteiger partial charge on any atom is -0.756 e. The summed E-state index contributed by atoms with van der Waals surface area (Å²) in [6.45, 7) is 39.8. The zero-order valence-corrected chi connectivity index (χ0v) is 62.7. The Morgan fingerprint density at radius 3 is 1.33 bits per heavy atom. The number of carboxylic acids is 2. The number of aliphatic carboxylic acids is 2. The fourth-order valence-corrected chi connectivity index (χ4v) is 5.96. The number of likely N-dealkylation sites (N-methyl/N-ethyl adjacent to an activating group) is 1. The van der Waals surface area contributed by atoms with Crippen LogP contribution in [0.5, 0.6) is 0 Å². The number of rotatable bonds is 46. The summed E-state index contributed by atoms with van der Waals surface area (Å²) in [7, 11) is 11.0. The van der Waals surface area contributed by atoms with Crippen molar-refractivity contribution in [3.05, 3.63) is 23.1 Å². The summed E-state index contributed by atoms with van der Waals surface area (Å²) >= 11 is 0. The van der Waals surface area contributed by atoms with E-state index in [-0.39, 0.29) is 50.3 Å². The molecule has 3 N–H and O–H groups in total. The van der Waals surface area contributed by atoms with E-state index in [0.717, 1.165) is 50.7 Å². The normalized spacial score (nSPS) is 12.7. The number of carbonyl (C=O) groups is 2. The van der Waals surface area contributed by atoms with Gasteiger partial charge in [0.1, 0.15) is 42.7 Å². The van der Waals surface area contributed by atoms with Crippen molar-refractivity contribution >= 4 is 29.9 Å². The lowest BCUT2D eigenvalue weighted by Gasteiger charge is -2.28. The molecule has 2 atom stereocenters. The number of nitrogens with two attached hydrogens (primary N) is 1. The van der Waals surface area contributed by atoms with E-state index >= 15 is 0 Å². The Hall–Kier alpha value is -3.15. The highest BCUT2D eigenvalue weighted by atomic mass is 32.2. The molecule has 32 nitrogen and oxygen atoms in total. The minimum absolute atomic E-state index is 0.0841. The largest absolute Gasteiger partial charge is 0.756 e. The van der Waals surface area contributed by atoms with Crippen LogP contribution in [0.15, 0.2) is 17.8 Å². The van der Waals surface area contributed by atoms with Gasteiger partial charge >= 0.3 is 5.97 Å². The number of carboxylic acid groups (broad SMARTS) is 2. The van der Waals surface area contributed by atoms with Crippen LogP contribution in [0, 0.1) is 12.3 Å². The molecule has 562 valence electrons. The number of phosphoric ester groups is 1. The van der Waals surface area contributed by atoms with Crippen LogP contribution >= 0.6 is 7.82 Å². The van der Waals surface area contributed by atoms with Gasteiger partial charge in [0.15, 0.2) is 12.6 Å². The topological polar surface area (TPSA) is 391 Å². The number of azide groups is 1. The molecular formula is C59H132N8O24PS+. The van der Waals surface area contributed by atoms with Crippen LogP contribution in [0.4, 0.5) is 0 Å². The molecule has 0 aromatic rings. The fourth-order valence-electron chi connectivity index (χ4n) is 4.04. The van der Waals surface area contributed by atoms with Gasteiger partial charge in [0.2, 0.25) is 0 Å².